The third-order valence-corrected chi connectivity index (χ3v) is 4.12. The Balaban J connectivity index is 2.17. The van der Waals surface area contributed by atoms with Crippen molar-refractivity contribution in [2.75, 3.05) is 6.61 Å². The normalized spacial score (nSPS) is 43.5. The van der Waals surface area contributed by atoms with Gasteiger partial charge >= 0.3 is 0 Å². The second kappa shape index (κ2) is 4.76. The summed E-state index contributed by atoms with van der Waals surface area (Å²) in [7, 11) is 0. The number of rotatable bonds is 2. The molecule has 0 aromatic carbocycles. The lowest BCUT2D eigenvalue weighted by Crippen LogP contribution is -2.46. The van der Waals surface area contributed by atoms with Crippen molar-refractivity contribution in [1.29, 1.82) is 0 Å². The van der Waals surface area contributed by atoms with Crippen LogP contribution in [0.2, 0.25) is 0 Å². The fraction of sp³-hybridized carbons (Fsp3) is 0.846. The highest BCUT2D eigenvalue weighted by molar-refractivity contribution is 5.10. The summed E-state index contributed by atoms with van der Waals surface area (Å²) in [6, 6.07) is 0. The molecule has 92 valence electrons. The Bertz CT molecular complexity index is 274. The molecule has 2 aliphatic carbocycles. The standard InChI is InChI=1S/C13H22O3/c1-3-16-12-7-4-9-10(14)5-6-11(15)13(9)8(12)2/h7-11,13-15H,3-6H2,1-2H3. The molecule has 0 heterocycles. The highest BCUT2D eigenvalue weighted by Crippen LogP contribution is 2.44. The van der Waals surface area contributed by atoms with Crippen molar-refractivity contribution < 1.29 is 14.9 Å². The van der Waals surface area contributed by atoms with Gasteiger partial charge in [0.2, 0.25) is 0 Å². The maximum absolute atomic E-state index is 10.1. The Hall–Kier alpha value is -0.540. The SMILES string of the molecule is CCOC1=CCC2C(O)CCC(O)C2C1C. The molecule has 3 heteroatoms. The topological polar surface area (TPSA) is 49.7 Å². The van der Waals surface area contributed by atoms with Gasteiger partial charge in [0.05, 0.1) is 24.6 Å². The quantitative estimate of drug-likeness (QED) is 0.753. The van der Waals surface area contributed by atoms with Crippen LogP contribution in [0.1, 0.15) is 33.1 Å². The van der Waals surface area contributed by atoms with E-state index in [0.29, 0.717) is 13.0 Å². The van der Waals surface area contributed by atoms with E-state index in [4.69, 9.17) is 4.74 Å². The van der Waals surface area contributed by atoms with Crippen LogP contribution in [0.4, 0.5) is 0 Å². The Morgan fingerprint density at radius 1 is 1.31 bits per heavy atom. The molecule has 5 unspecified atom stereocenters. The average molecular weight is 226 g/mol. The molecule has 2 rings (SSSR count). The van der Waals surface area contributed by atoms with Crippen LogP contribution in [0.25, 0.3) is 0 Å². The third-order valence-electron chi connectivity index (χ3n) is 4.12. The third kappa shape index (κ3) is 1.98. The Kier molecular flexibility index (Phi) is 3.55. The molecular weight excluding hydrogens is 204 g/mol. The van der Waals surface area contributed by atoms with E-state index in [-0.39, 0.29) is 30.0 Å². The molecule has 2 N–H and O–H groups in total. The zero-order valence-electron chi connectivity index (χ0n) is 10.1. The molecule has 0 spiro atoms. The van der Waals surface area contributed by atoms with Gasteiger partial charge in [0.25, 0.3) is 0 Å². The fourth-order valence-electron chi connectivity index (χ4n) is 3.29. The second-order valence-electron chi connectivity index (χ2n) is 5.02. The van der Waals surface area contributed by atoms with Gasteiger partial charge in [-0.25, -0.2) is 0 Å². The fourth-order valence-corrected chi connectivity index (χ4v) is 3.29. The molecule has 1 saturated carbocycles. The summed E-state index contributed by atoms with van der Waals surface area (Å²) < 4.78 is 5.60. The van der Waals surface area contributed by atoms with Gasteiger partial charge in [-0.05, 0) is 44.1 Å². The molecule has 1 fully saturated rings. The first-order valence-electron chi connectivity index (χ1n) is 6.34. The summed E-state index contributed by atoms with van der Waals surface area (Å²) in [6.07, 6.45) is 3.83. The van der Waals surface area contributed by atoms with Crippen molar-refractivity contribution in [3.63, 3.8) is 0 Å². The molecule has 0 aromatic rings. The predicted octanol–water partition coefficient (Wildman–Crippen LogP) is 1.69. The van der Waals surface area contributed by atoms with Crippen LogP contribution < -0.4 is 0 Å². The van der Waals surface area contributed by atoms with Crippen LogP contribution >= 0.6 is 0 Å². The molecule has 0 amide bonds. The van der Waals surface area contributed by atoms with Gasteiger partial charge in [-0.2, -0.15) is 0 Å². The first-order valence-corrected chi connectivity index (χ1v) is 6.34. The minimum absolute atomic E-state index is 0.162. The molecule has 0 bridgehead atoms. The first kappa shape index (κ1) is 11.9. The van der Waals surface area contributed by atoms with Gasteiger partial charge < -0.3 is 14.9 Å². The van der Waals surface area contributed by atoms with Crippen LogP contribution in [0, 0.1) is 17.8 Å². The van der Waals surface area contributed by atoms with E-state index in [9.17, 15) is 10.2 Å². The largest absolute Gasteiger partial charge is 0.498 e. The van der Waals surface area contributed by atoms with Gasteiger partial charge in [0.1, 0.15) is 0 Å². The summed E-state index contributed by atoms with van der Waals surface area (Å²) in [5.74, 6) is 1.60. The van der Waals surface area contributed by atoms with Gasteiger partial charge in [0, 0.05) is 5.92 Å². The summed E-state index contributed by atoms with van der Waals surface area (Å²) in [5.41, 5.74) is 0. The zero-order chi connectivity index (χ0) is 11.7. The number of hydrogen-bond acceptors (Lipinski definition) is 3. The summed E-state index contributed by atoms with van der Waals surface area (Å²) in [4.78, 5) is 0. The van der Waals surface area contributed by atoms with Gasteiger partial charge in [-0.15, -0.1) is 0 Å². The molecule has 3 nitrogen and oxygen atoms in total. The molecule has 0 radical (unpaired) electrons. The Morgan fingerprint density at radius 2 is 2.00 bits per heavy atom. The van der Waals surface area contributed by atoms with Gasteiger partial charge in [-0.3, -0.25) is 0 Å². The Morgan fingerprint density at radius 3 is 2.69 bits per heavy atom. The van der Waals surface area contributed by atoms with E-state index >= 15 is 0 Å². The van der Waals surface area contributed by atoms with Crippen molar-refractivity contribution in [2.24, 2.45) is 17.8 Å². The highest BCUT2D eigenvalue weighted by Gasteiger charge is 2.43. The van der Waals surface area contributed by atoms with Gasteiger partial charge in [0.15, 0.2) is 0 Å². The maximum Gasteiger partial charge on any atom is 0.0951 e. The molecule has 16 heavy (non-hydrogen) atoms. The summed E-state index contributed by atoms with van der Waals surface area (Å²) in [5, 5.41) is 20.1. The lowest BCUT2D eigenvalue weighted by atomic mass is 9.65. The molecule has 0 saturated heterocycles. The second-order valence-corrected chi connectivity index (χ2v) is 5.02. The van der Waals surface area contributed by atoms with Crippen molar-refractivity contribution in [2.45, 2.75) is 45.3 Å². The highest BCUT2D eigenvalue weighted by atomic mass is 16.5. The van der Waals surface area contributed by atoms with Crippen LogP contribution in [-0.4, -0.2) is 29.0 Å². The number of allylic oxidation sites excluding steroid dienone is 2. The van der Waals surface area contributed by atoms with Crippen molar-refractivity contribution in [1.82, 2.24) is 0 Å². The lowest BCUT2D eigenvalue weighted by Gasteiger charge is -2.44. The number of aliphatic hydroxyl groups is 2. The van der Waals surface area contributed by atoms with Crippen LogP contribution in [0.3, 0.4) is 0 Å². The maximum atomic E-state index is 10.1. The monoisotopic (exact) mass is 226 g/mol. The first-order chi connectivity index (χ1) is 7.65. The number of hydrogen-bond donors (Lipinski definition) is 2. The van der Waals surface area contributed by atoms with E-state index < -0.39 is 0 Å². The molecule has 0 aliphatic heterocycles. The number of fused-ring (bicyclic) bond motifs is 1. The van der Waals surface area contributed by atoms with Crippen LogP contribution in [0.15, 0.2) is 11.8 Å². The van der Waals surface area contributed by atoms with E-state index in [1.807, 2.05) is 6.92 Å². The lowest BCUT2D eigenvalue weighted by molar-refractivity contribution is -0.0707. The van der Waals surface area contributed by atoms with Crippen LogP contribution in [-0.2, 0) is 4.74 Å². The van der Waals surface area contributed by atoms with E-state index in [0.717, 1.165) is 18.6 Å². The minimum atomic E-state index is -0.285. The van der Waals surface area contributed by atoms with Crippen molar-refractivity contribution in [3.05, 3.63) is 11.8 Å². The van der Waals surface area contributed by atoms with E-state index in [1.54, 1.807) is 0 Å². The van der Waals surface area contributed by atoms with Crippen LogP contribution in [0.5, 0.6) is 0 Å². The summed E-state index contributed by atoms with van der Waals surface area (Å²) in [6.45, 7) is 4.75. The molecule has 5 atom stereocenters. The van der Waals surface area contributed by atoms with E-state index in [1.165, 1.54) is 0 Å². The van der Waals surface area contributed by atoms with E-state index in [2.05, 4.69) is 13.0 Å². The minimum Gasteiger partial charge on any atom is -0.498 e. The average Bonchev–Trinajstić information content (AvgIpc) is 2.27. The molecule has 2 aliphatic rings. The predicted molar refractivity (Wildman–Crippen MR) is 61.7 cm³/mol. The Labute approximate surface area is 97.1 Å². The summed E-state index contributed by atoms with van der Waals surface area (Å²) >= 11 is 0. The number of aliphatic hydroxyl groups excluding tert-OH is 2. The number of ether oxygens (including phenoxy) is 1. The van der Waals surface area contributed by atoms with Crippen molar-refractivity contribution >= 4 is 0 Å². The van der Waals surface area contributed by atoms with Gasteiger partial charge in [-0.1, -0.05) is 6.92 Å². The smallest absolute Gasteiger partial charge is 0.0951 e. The van der Waals surface area contributed by atoms with Crippen molar-refractivity contribution in [3.8, 4) is 0 Å². The molecular formula is C13H22O3. The molecule has 0 aromatic heterocycles. The zero-order valence-corrected chi connectivity index (χ0v) is 10.1.